The van der Waals surface area contributed by atoms with Gasteiger partial charge in [0.2, 0.25) is 0 Å². The molecule has 3 heterocycles. The first kappa shape index (κ1) is 22.9. The smallest absolute Gasteiger partial charge is 0.253 e. The molecule has 0 fully saturated rings. The molecule has 2 aromatic heterocycles. The summed E-state index contributed by atoms with van der Waals surface area (Å²) in [5.41, 5.74) is 2.57. The molecule has 0 unspecified atom stereocenters. The van der Waals surface area contributed by atoms with E-state index in [1.165, 1.54) is 0 Å². The van der Waals surface area contributed by atoms with Gasteiger partial charge in [-0.1, -0.05) is 38.9 Å². The van der Waals surface area contributed by atoms with Crippen LogP contribution in [-0.2, 0) is 0 Å². The lowest BCUT2D eigenvalue weighted by atomic mass is 10.1. The Morgan fingerprint density at radius 3 is 2.97 bits per heavy atom. The minimum absolute atomic E-state index is 0.0122. The molecule has 0 radical (unpaired) electrons. The van der Waals surface area contributed by atoms with E-state index in [2.05, 4.69) is 37.4 Å². The van der Waals surface area contributed by atoms with Crippen molar-refractivity contribution in [1.29, 1.82) is 0 Å². The number of para-hydroxylation sites is 1. The van der Waals surface area contributed by atoms with Crippen molar-refractivity contribution in [1.82, 2.24) is 25.0 Å². The molecule has 0 saturated heterocycles. The molecule has 3 N–H and O–H groups in total. The fraction of sp³-hybridized carbons (Fsp3) is 0.160. The largest absolute Gasteiger partial charge is 0.507 e. The zero-order valence-electron chi connectivity index (χ0n) is 18.4. The first-order valence-corrected chi connectivity index (χ1v) is 13.8. The van der Waals surface area contributed by atoms with E-state index < -0.39 is 20.7 Å². The molecular weight excluding hydrogens is 609 g/mol. The number of allylic oxidation sites excluding steroid dienone is 1. The van der Waals surface area contributed by atoms with Crippen LogP contribution in [0.3, 0.4) is 0 Å². The van der Waals surface area contributed by atoms with Gasteiger partial charge in [-0.3, -0.25) is 4.79 Å². The molecular formula is C25H23BrIN5O2. The molecule has 7 nitrogen and oxygen atoms in total. The summed E-state index contributed by atoms with van der Waals surface area (Å²) in [4.78, 5) is 17.8. The number of nitrogens with one attached hydrogen (secondary N) is 2. The Labute approximate surface area is 215 Å². The summed E-state index contributed by atoms with van der Waals surface area (Å²) < 4.78 is 5.17. The second-order valence-electron chi connectivity index (χ2n) is 7.97. The molecule has 1 amide bonds. The number of phenolic OH excluding ortho intramolecular Hbond substituents is 1. The maximum atomic E-state index is 12.8. The number of carbonyl (C=O) groups is 1. The summed E-state index contributed by atoms with van der Waals surface area (Å²) >= 11 is 3.10. The van der Waals surface area contributed by atoms with Gasteiger partial charge in [-0.15, -0.1) is 0 Å². The summed E-state index contributed by atoms with van der Waals surface area (Å²) in [6.45, 7) is 1.31. The Morgan fingerprint density at radius 2 is 2.12 bits per heavy atom. The number of hydrogen-bond donors (Lipinski definition) is 3. The van der Waals surface area contributed by atoms with Gasteiger partial charge in [-0.2, -0.15) is 5.10 Å². The number of amides is 1. The van der Waals surface area contributed by atoms with Crippen LogP contribution in [0, 0.1) is 3.70 Å². The van der Waals surface area contributed by atoms with Crippen molar-refractivity contribution < 1.29 is 9.90 Å². The highest BCUT2D eigenvalue weighted by atomic mass is 127. The number of carbonyl (C=O) groups excluding carboxylic acids is 1. The Kier molecular flexibility index (Phi) is 6.55. The van der Waals surface area contributed by atoms with E-state index in [9.17, 15) is 9.90 Å². The van der Waals surface area contributed by atoms with E-state index in [-0.39, 0.29) is 11.7 Å². The number of aromatic hydroxyl groups is 1. The van der Waals surface area contributed by atoms with Crippen molar-refractivity contribution in [3.63, 3.8) is 0 Å². The zero-order chi connectivity index (χ0) is 23.7. The number of H-pyrrole nitrogens is 1. The third-order valence-electron chi connectivity index (χ3n) is 5.64. The van der Waals surface area contributed by atoms with E-state index in [1.54, 1.807) is 11.0 Å². The van der Waals surface area contributed by atoms with Gasteiger partial charge >= 0.3 is 0 Å². The van der Waals surface area contributed by atoms with Gasteiger partial charge in [0.05, 0.1) is 10.7 Å². The number of benzene rings is 2. The van der Waals surface area contributed by atoms with Gasteiger partial charge in [-0.25, -0.2) is 4.68 Å². The predicted molar refractivity (Wildman–Crippen MR) is 147 cm³/mol. The molecule has 0 spiro atoms. The van der Waals surface area contributed by atoms with Crippen LogP contribution in [0.4, 0.5) is 0 Å². The lowest BCUT2D eigenvalue weighted by molar-refractivity contribution is 0.0794. The number of aromatic nitrogens is 3. The predicted octanol–water partition coefficient (Wildman–Crippen LogP) is 4.76. The topological polar surface area (TPSA) is 86.2 Å². The van der Waals surface area contributed by atoms with Crippen LogP contribution in [0.1, 0.15) is 22.3 Å². The molecule has 5 rings (SSSR count). The molecule has 0 bridgehead atoms. The third-order valence-corrected chi connectivity index (χ3v) is 9.98. The molecule has 0 atom stereocenters. The minimum Gasteiger partial charge on any atom is -0.507 e. The van der Waals surface area contributed by atoms with Gasteiger partial charge in [0.15, 0.2) is 0 Å². The monoisotopic (exact) mass is 631 g/mol. The number of phenols is 1. The number of rotatable bonds is 7. The van der Waals surface area contributed by atoms with E-state index in [1.807, 2.05) is 66.6 Å². The molecule has 2 aromatic carbocycles. The van der Waals surface area contributed by atoms with Gasteiger partial charge in [0, 0.05) is 51.9 Å². The van der Waals surface area contributed by atoms with Gasteiger partial charge < -0.3 is 20.3 Å². The average Bonchev–Trinajstić information content (AvgIpc) is 3.47. The van der Waals surface area contributed by atoms with Crippen molar-refractivity contribution in [3.05, 3.63) is 86.3 Å². The molecule has 4 aromatic rings. The molecule has 1 aliphatic rings. The number of aromatic amines is 1. The van der Waals surface area contributed by atoms with Crippen molar-refractivity contribution >= 4 is 62.8 Å². The Morgan fingerprint density at radius 1 is 1.26 bits per heavy atom. The molecule has 9 heteroatoms. The summed E-state index contributed by atoms with van der Waals surface area (Å²) in [6, 6.07) is 15.1. The summed E-state index contributed by atoms with van der Waals surface area (Å²) in [5, 5.41) is 19.4. The van der Waals surface area contributed by atoms with Crippen molar-refractivity contribution in [2.24, 2.45) is 0 Å². The summed E-state index contributed by atoms with van der Waals surface area (Å²) in [6.07, 6.45) is 6.55. The molecule has 0 saturated carbocycles. The Hall–Kier alpha value is -2.92. The first-order valence-electron chi connectivity index (χ1n) is 10.8. The Balaban J connectivity index is 1.25. The lowest BCUT2D eigenvalue weighted by Gasteiger charge is -2.20. The fourth-order valence-electron chi connectivity index (χ4n) is 3.84. The second kappa shape index (κ2) is 9.75. The number of fused-ring (bicyclic) bond motifs is 2. The van der Waals surface area contributed by atoms with Crippen LogP contribution in [0.2, 0.25) is 0 Å². The van der Waals surface area contributed by atoms with Gasteiger partial charge in [0.1, 0.15) is 15.3 Å². The third kappa shape index (κ3) is 4.54. The van der Waals surface area contributed by atoms with Crippen molar-refractivity contribution in [3.8, 4) is 5.75 Å². The molecule has 1 aliphatic heterocycles. The van der Waals surface area contributed by atoms with E-state index in [4.69, 9.17) is 0 Å². The van der Waals surface area contributed by atoms with E-state index in [0.717, 1.165) is 40.4 Å². The van der Waals surface area contributed by atoms with E-state index in [0.29, 0.717) is 18.7 Å². The quantitative estimate of drug-likeness (QED) is 0.203. The number of nitrogens with zero attached hydrogens (tertiary/aromatic N) is 3. The van der Waals surface area contributed by atoms with Crippen LogP contribution in [0.15, 0.2) is 71.5 Å². The first-order chi connectivity index (χ1) is 16.5. The number of hydrogen-bond acceptors (Lipinski definition) is 4. The van der Waals surface area contributed by atoms with Crippen molar-refractivity contribution in [2.45, 2.75) is 6.42 Å². The minimum atomic E-state index is -0.514. The number of halogens is 2. The van der Waals surface area contributed by atoms with Gasteiger partial charge in [-0.05, 0) is 58.8 Å². The zero-order valence-corrected chi connectivity index (χ0v) is 22.2. The van der Waals surface area contributed by atoms with E-state index >= 15 is 0 Å². The Bertz CT molecular complexity index is 1440. The lowest BCUT2D eigenvalue weighted by Crippen LogP contribution is -2.30. The summed E-state index contributed by atoms with van der Waals surface area (Å²) in [7, 11) is 1.83. The molecule has 34 heavy (non-hydrogen) atoms. The second-order valence-corrected chi connectivity index (χ2v) is 11.5. The van der Waals surface area contributed by atoms with Crippen LogP contribution in [0.5, 0.6) is 5.75 Å². The highest BCUT2D eigenvalue weighted by Gasteiger charge is 2.19. The molecule has 174 valence electrons. The fourth-order valence-corrected chi connectivity index (χ4v) is 7.36. The highest BCUT2D eigenvalue weighted by molar-refractivity contribution is 14.2. The maximum absolute atomic E-state index is 12.8. The van der Waals surface area contributed by atoms with Crippen LogP contribution in [-0.4, -0.2) is 54.3 Å². The normalized spacial score (nSPS) is 13.0. The van der Waals surface area contributed by atoms with Crippen LogP contribution in [0.25, 0.3) is 16.7 Å². The van der Waals surface area contributed by atoms with Crippen molar-refractivity contribution in [2.75, 3.05) is 20.1 Å². The summed E-state index contributed by atoms with van der Waals surface area (Å²) in [5.74, 6) is 1.17. The van der Waals surface area contributed by atoms with Crippen LogP contribution >= 0.6 is 36.7 Å². The van der Waals surface area contributed by atoms with Gasteiger partial charge in [0.25, 0.3) is 5.91 Å². The maximum Gasteiger partial charge on any atom is 0.253 e. The highest BCUT2D eigenvalue weighted by Crippen LogP contribution is 2.33. The molecule has 0 aliphatic carbocycles. The van der Waals surface area contributed by atoms with Crippen LogP contribution < -0.4 is 5.32 Å². The standard InChI is InChI=1S/C25H23BrIN5O2/c1-31(25(34)17-7-8-21-16(13-17)9-11-28-21)12-4-10-29-23-14-20(18-5-2-3-6-22(18)33)27-24-19(26)15-30-32(23)24/h2-3,5-9,11,13-15,28-29,33H,4,10,12H2,1H3. The average molecular weight is 632 g/mol. The SMILES string of the molecule is CN(CCCNC1=CC(c2ccccc2O)=Ic2c(Br)cnn21)C(=O)c1ccc2[nH]ccc2c1.